The van der Waals surface area contributed by atoms with Gasteiger partial charge in [-0.05, 0) is 55.5 Å². The lowest BCUT2D eigenvalue weighted by molar-refractivity contribution is -0.160. The minimum Gasteiger partial charge on any atom is -0.468 e. The van der Waals surface area contributed by atoms with E-state index in [0.29, 0.717) is 49.8 Å². The zero-order valence-corrected chi connectivity index (χ0v) is 23.7. The van der Waals surface area contributed by atoms with Crippen LogP contribution < -0.4 is 9.47 Å². The first-order valence-corrected chi connectivity index (χ1v) is 14.5. The second-order valence-electron chi connectivity index (χ2n) is 11.3. The van der Waals surface area contributed by atoms with Gasteiger partial charge in [-0.25, -0.2) is 0 Å². The van der Waals surface area contributed by atoms with Crippen LogP contribution in [-0.2, 0) is 25.7 Å². The molecule has 6 rings (SSSR count). The van der Waals surface area contributed by atoms with Gasteiger partial charge in [0.25, 0.3) is 5.91 Å². The number of amides is 3. The molecular weight excluding hydrogens is 542 g/mol. The van der Waals surface area contributed by atoms with Gasteiger partial charge in [0.1, 0.15) is 5.41 Å². The second kappa shape index (κ2) is 11.5. The van der Waals surface area contributed by atoms with Crippen LogP contribution in [0.1, 0.15) is 54.6 Å². The number of likely N-dealkylation sites (tertiary alicyclic amines) is 1. The molecule has 3 aliphatic heterocycles. The summed E-state index contributed by atoms with van der Waals surface area (Å²) in [5.74, 6) is -0.0852. The zero-order valence-electron chi connectivity index (χ0n) is 23.7. The van der Waals surface area contributed by atoms with Gasteiger partial charge in [0.2, 0.25) is 18.6 Å². The van der Waals surface area contributed by atoms with E-state index in [-0.39, 0.29) is 55.6 Å². The molecule has 0 unspecified atom stereocenters. The van der Waals surface area contributed by atoms with E-state index in [4.69, 9.17) is 18.6 Å². The van der Waals surface area contributed by atoms with E-state index < -0.39 is 11.3 Å². The first-order chi connectivity index (χ1) is 20.4. The summed E-state index contributed by atoms with van der Waals surface area (Å²) >= 11 is 0. The highest BCUT2D eigenvalue weighted by atomic mass is 16.7. The maximum absolute atomic E-state index is 14.1. The van der Waals surface area contributed by atoms with Crippen LogP contribution in [0.5, 0.6) is 11.5 Å². The fraction of sp³-hybridized carbons (Fsp3) is 0.484. The molecule has 11 heteroatoms. The van der Waals surface area contributed by atoms with Gasteiger partial charge in [0, 0.05) is 44.2 Å². The van der Waals surface area contributed by atoms with Crippen molar-refractivity contribution >= 4 is 23.7 Å². The lowest BCUT2D eigenvalue weighted by atomic mass is 9.69. The van der Waals surface area contributed by atoms with E-state index in [2.05, 4.69) is 0 Å². The number of ether oxygens (including phenoxy) is 3. The van der Waals surface area contributed by atoms with Gasteiger partial charge in [-0.1, -0.05) is 18.6 Å². The van der Waals surface area contributed by atoms with Crippen molar-refractivity contribution in [3.05, 3.63) is 59.7 Å². The lowest BCUT2D eigenvalue weighted by Crippen LogP contribution is -2.54. The molecule has 2 atom stereocenters. The van der Waals surface area contributed by atoms with Crippen molar-refractivity contribution < 1.29 is 37.8 Å². The highest BCUT2D eigenvalue weighted by Crippen LogP contribution is 2.50. The predicted molar refractivity (Wildman–Crippen MR) is 148 cm³/mol. The molecule has 1 aliphatic carbocycles. The lowest BCUT2D eigenvalue weighted by Gasteiger charge is -2.46. The molecule has 0 bridgehead atoms. The summed E-state index contributed by atoms with van der Waals surface area (Å²) in [4.78, 5) is 58.9. The number of piperazine rings is 1. The molecule has 0 N–H and O–H groups in total. The van der Waals surface area contributed by atoms with Gasteiger partial charge in [-0.15, -0.1) is 0 Å². The van der Waals surface area contributed by atoms with Gasteiger partial charge < -0.3 is 33.3 Å². The molecular formula is C31H35N3O8. The SMILES string of the molecule is COC(=O)[C@]12CCCCC=C1N(Cc1ccc3c(c1)OCO3)C(=O)[C@H](CC(=O)N1CCN(C(=O)c3ccco3)CC1)C2. The molecule has 222 valence electrons. The third kappa shape index (κ3) is 5.12. The number of furan rings is 1. The van der Waals surface area contributed by atoms with E-state index in [1.807, 2.05) is 24.3 Å². The Morgan fingerprint density at radius 3 is 2.57 bits per heavy atom. The number of hydrogen-bond donors (Lipinski definition) is 0. The number of esters is 1. The van der Waals surface area contributed by atoms with Crippen molar-refractivity contribution in [1.29, 1.82) is 0 Å². The monoisotopic (exact) mass is 577 g/mol. The fourth-order valence-corrected chi connectivity index (χ4v) is 6.64. The third-order valence-corrected chi connectivity index (χ3v) is 8.81. The summed E-state index contributed by atoms with van der Waals surface area (Å²) in [7, 11) is 1.38. The van der Waals surface area contributed by atoms with Gasteiger partial charge in [-0.3, -0.25) is 19.2 Å². The number of nitrogens with zero attached hydrogens (tertiary/aromatic N) is 3. The van der Waals surface area contributed by atoms with Gasteiger partial charge in [-0.2, -0.15) is 0 Å². The first kappa shape index (κ1) is 27.9. The number of benzene rings is 1. The molecule has 2 fully saturated rings. The largest absolute Gasteiger partial charge is 0.468 e. The topological polar surface area (TPSA) is 119 Å². The second-order valence-corrected chi connectivity index (χ2v) is 11.3. The van der Waals surface area contributed by atoms with Crippen LogP contribution in [0.25, 0.3) is 0 Å². The summed E-state index contributed by atoms with van der Waals surface area (Å²) in [6, 6.07) is 8.84. The zero-order chi connectivity index (χ0) is 29.3. The standard InChI is InChI=1S/C31H35N3O8/c1-39-30(38)31-10-4-2-3-7-26(31)34(19-21-8-9-23-25(16-21)42-20-41-23)28(36)22(18-31)17-27(35)32-11-13-33(14-12-32)29(37)24-6-5-15-40-24/h5-9,15-16,22H,2-4,10-14,17-20H2,1H3/t22-,31+/m1/s1. The molecule has 2 saturated heterocycles. The highest BCUT2D eigenvalue weighted by Gasteiger charge is 2.54. The molecule has 4 aliphatic rings. The number of methoxy groups -OCH3 is 1. The number of carbonyl (C=O) groups excluding carboxylic acids is 4. The van der Waals surface area contributed by atoms with E-state index in [1.165, 1.54) is 13.4 Å². The Bertz CT molecular complexity index is 1390. The van der Waals surface area contributed by atoms with Crippen LogP contribution >= 0.6 is 0 Å². The van der Waals surface area contributed by atoms with E-state index >= 15 is 0 Å². The molecule has 1 aromatic carbocycles. The van der Waals surface area contributed by atoms with Crippen molar-refractivity contribution in [3.8, 4) is 11.5 Å². The Balaban J connectivity index is 1.22. The first-order valence-electron chi connectivity index (χ1n) is 14.5. The minimum atomic E-state index is -1.01. The Hall–Kier alpha value is -4.28. The van der Waals surface area contributed by atoms with Crippen LogP contribution in [0.3, 0.4) is 0 Å². The van der Waals surface area contributed by atoms with Gasteiger partial charge >= 0.3 is 5.97 Å². The molecule has 42 heavy (non-hydrogen) atoms. The van der Waals surface area contributed by atoms with E-state index in [0.717, 1.165) is 24.8 Å². The normalized spacial score (nSPS) is 23.6. The average molecular weight is 578 g/mol. The highest BCUT2D eigenvalue weighted by molar-refractivity contribution is 5.93. The van der Waals surface area contributed by atoms with Crippen molar-refractivity contribution in [2.45, 2.75) is 45.1 Å². The van der Waals surface area contributed by atoms with E-state index in [9.17, 15) is 19.2 Å². The number of hydrogen-bond acceptors (Lipinski definition) is 8. The van der Waals surface area contributed by atoms with Crippen molar-refractivity contribution in [2.75, 3.05) is 40.1 Å². The maximum Gasteiger partial charge on any atom is 0.317 e. The Kier molecular flexibility index (Phi) is 7.66. The Morgan fingerprint density at radius 1 is 1.02 bits per heavy atom. The van der Waals surface area contributed by atoms with Crippen LogP contribution in [0.4, 0.5) is 0 Å². The van der Waals surface area contributed by atoms with Crippen LogP contribution in [0.2, 0.25) is 0 Å². The van der Waals surface area contributed by atoms with Crippen LogP contribution in [0, 0.1) is 11.3 Å². The molecule has 11 nitrogen and oxygen atoms in total. The minimum absolute atomic E-state index is 0.0192. The maximum atomic E-state index is 14.1. The number of allylic oxidation sites excluding steroid dienone is 1. The Morgan fingerprint density at radius 2 is 1.81 bits per heavy atom. The number of piperidine rings is 1. The molecule has 0 radical (unpaired) electrons. The molecule has 0 spiro atoms. The molecule has 4 heterocycles. The number of rotatable bonds is 6. The van der Waals surface area contributed by atoms with Crippen LogP contribution in [0.15, 0.2) is 52.8 Å². The number of fused-ring (bicyclic) bond motifs is 2. The van der Waals surface area contributed by atoms with Crippen molar-refractivity contribution in [1.82, 2.24) is 14.7 Å². The molecule has 1 aromatic heterocycles. The summed E-state index contributed by atoms with van der Waals surface area (Å²) < 4.78 is 21.6. The third-order valence-electron chi connectivity index (χ3n) is 8.81. The average Bonchev–Trinajstić information content (AvgIpc) is 3.67. The summed E-state index contributed by atoms with van der Waals surface area (Å²) in [5.41, 5.74) is 0.498. The predicted octanol–water partition coefficient (Wildman–Crippen LogP) is 3.35. The molecule has 2 aromatic rings. The summed E-state index contributed by atoms with van der Waals surface area (Å²) in [6.07, 6.45) is 6.69. The summed E-state index contributed by atoms with van der Waals surface area (Å²) in [5, 5.41) is 0. The van der Waals surface area contributed by atoms with Gasteiger partial charge in [0.15, 0.2) is 17.3 Å². The summed E-state index contributed by atoms with van der Waals surface area (Å²) in [6.45, 7) is 1.85. The van der Waals surface area contributed by atoms with E-state index in [1.54, 1.807) is 26.8 Å². The smallest absolute Gasteiger partial charge is 0.317 e. The fourth-order valence-electron chi connectivity index (χ4n) is 6.64. The van der Waals surface area contributed by atoms with Crippen LogP contribution in [-0.4, -0.2) is 78.5 Å². The quantitative estimate of drug-likeness (QED) is 0.480. The van der Waals surface area contributed by atoms with Crippen molar-refractivity contribution in [2.24, 2.45) is 11.3 Å². The molecule has 0 saturated carbocycles. The molecule has 3 amide bonds. The Labute approximate surface area is 243 Å². The van der Waals surface area contributed by atoms with Crippen molar-refractivity contribution in [3.63, 3.8) is 0 Å². The number of carbonyl (C=O) groups is 4. The van der Waals surface area contributed by atoms with Gasteiger partial charge in [0.05, 0.1) is 19.9 Å².